The third kappa shape index (κ3) is 2.51. The molecule has 0 spiro atoms. The monoisotopic (exact) mass is 333 g/mol. The number of rotatable bonds is 4. The summed E-state index contributed by atoms with van der Waals surface area (Å²) in [5, 5.41) is 6.93. The summed E-state index contributed by atoms with van der Waals surface area (Å²) < 4.78 is 0. The van der Waals surface area contributed by atoms with Crippen molar-refractivity contribution < 1.29 is 4.79 Å². The Morgan fingerprint density at radius 1 is 1.26 bits per heavy atom. The summed E-state index contributed by atoms with van der Waals surface area (Å²) in [6, 6.07) is 0.335. The third-order valence-corrected chi connectivity index (χ3v) is 5.38. The first-order valence-electron chi connectivity index (χ1n) is 7.99. The zero-order valence-corrected chi connectivity index (χ0v) is 13.4. The molecule has 122 valence electrons. The number of nitrogen functional groups attached to an aromatic ring is 2. The largest absolute Gasteiger partial charge is 0.394 e. The molecule has 4 rings (SSSR count). The molecule has 1 heterocycles. The minimum absolute atomic E-state index is 0.0228. The standard InChI is InChI=1S/C16H20ClN5O/c17-10-6-20-15(19)12(18)14(10)22-13-8-2-1-7(5-8)11(13)16(23)21-9-3-4-9/h1-2,6-9,11,13H,3-5,18H2,(H,21,23)(H3,19,20,22)/t7-,8+,11+,13-/m1/s1. The van der Waals surface area contributed by atoms with Crippen molar-refractivity contribution in [3.8, 4) is 0 Å². The van der Waals surface area contributed by atoms with Gasteiger partial charge in [0.2, 0.25) is 5.91 Å². The SMILES string of the molecule is Nc1ncc(Cl)c(N[C@H]2[C@@H](C(=O)NC3CC3)[C@@H]3C=C[C@H]2C3)c1N. The van der Waals surface area contributed by atoms with Gasteiger partial charge in [-0.15, -0.1) is 0 Å². The van der Waals surface area contributed by atoms with Crippen LogP contribution in [0, 0.1) is 17.8 Å². The number of carbonyl (C=O) groups excluding carboxylic acids is 1. The summed E-state index contributed by atoms with van der Waals surface area (Å²) in [5.74, 6) is 0.846. The van der Waals surface area contributed by atoms with Crippen LogP contribution in [0.2, 0.25) is 5.02 Å². The number of allylic oxidation sites excluding steroid dienone is 1. The first kappa shape index (κ1) is 14.6. The van der Waals surface area contributed by atoms with Crippen LogP contribution in [-0.4, -0.2) is 23.0 Å². The van der Waals surface area contributed by atoms with Crippen LogP contribution in [0.1, 0.15) is 19.3 Å². The van der Waals surface area contributed by atoms with Crippen LogP contribution in [-0.2, 0) is 4.79 Å². The summed E-state index contributed by atoms with van der Waals surface area (Å²) in [6.45, 7) is 0. The number of amides is 1. The molecule has 0 saturated heterocycles. The molecule has 1 aromatic heterocycles. The van der Waals surface area contributed by atoms with Gasteiger partial charge in [-0.25, -0.2) is 4.98 Å². The molecule has 4 atom stereocenters. The summed E-state index contributed by atoms with van der Waals surface area (Å²) in [6.07, 6.45) is 8.97. The van der Waals surface area contributed by atoms with Gasteiger partial charge in [-0.2, -0.15) is 0 Å². The van der Waals surface area contributed by atoms with Crippen molar-refractivity contribution >= 4 is 34.7 Å². The lowest BCUT2D eigenvalue weighted by Crippen LogP contribution is -2.44. The first-order chi connectivity index (χ1) is 11.0. The number of aromatic nitrogens is 1. The van der Waals surface area contributed by atoms with E-state index in [0.29, 0.717) is 28.4 Å². The van der Waals surface area contributed by atoms with E-state index in [4.69, 9.17) is 23.1 Å². The van der Waals surface area contributed by atoms with Gasteiger partial charge < -0.3 is 22.1 Å². The molecular weight excluding hydrogens is 314 g/mol. The molecular formula is C16H20ClN5O. The Bertz CT molecular complexity index is 687. The van der Waals surface area contributed by atoms with E-state index in [1.165, 1.54) is 6.20 Å². The fourth-order valence-electron chi connectivity index (χ4n) is 3.73. The van der Waals surface area contributed by atoms with Gasteiger partial charge in [0, 0.05) is 12.1 Å². The highest BCUT2D eigenvalue weighted by molar-refractivity contribution is 6.34. The van der Waals surface area contributed by atoms with Crippen molar-refractivity contribution in [2.24, 2.45) is 17.8 Å². The van der Waals surface area contributed by atoms with Gasteiger partial charge in [0.15, 0.2) is 0 Å². The number of nitrogens with two attached hydrogens (primary N) is 2. The number of hydrogen-bond acceptors (Lipinski definition) is 5. The van der Waals surface area contributed by atoms with Crippen LogP contribution < -0.4 is 22.1 Å². The number of halogens is 1. The summed E-state index contributed by atoms with van der Waals surface area (Å²) >= 11 is 6.22. The normalized spacial score (nSPS) is 31.3. The number of pyridine rings is 1. The molecule has 2 fully saturated rings. The Balaban J connectivity index is 1.60. The summed E-state index contributed by atoms with van der Waals surface area (Å²) in [5.41, 5.74) is 12.7. The maximum atomic E-state index is 12.6. The van der Waals surface area contributed by atoms with Crippen LogP contribution in [0.25, 0.3) is 0 Å². The molecule has 3 aliphatic rings. The van der Waals surface area contributed by atoms with Crippen molar-refractivity contribution in [2.75, 3.05) is 16.8 Å². The maximum absolute atomic E-state index is 12.6. The highest BCUT2D eigenvalue weighted by atomic mass is 35.5. The zero-order chi connectivity index (χ0) is 16.1. The van der Waals surface area contributed by atoms with E-state index in [1.54, 1.807) is 0 Å². The summed E-state index contributed by atoms with van der Waals surface area (Å²) in [4.78, 5) is 16.6. The Morgan fingerprint density at radius 2 is 2.00 bits per heavy atom. The van der Waals surface area contributed by atoms with Crippen LogP contribution in [0.3, 0.4) is 0 Å². The van der Waals surface area contributed by atoms with E-state index >= 15 is 0 Å². The molecule has 2 saturated carbocycles. The van der Waals surface area contributed by atoms with Gasteiger partial charge in [0.25, 0.3) is 0 Å². The van der Waals surface area contributed by atoms with E-state index in [0.717, 1.165) is 19.3 Å². The highest BCUT2D eigenvalue weighted by Gasteiger charge is 2.49. The van der Waals surface area contributed by atoms with Crippen molar-refractivity contribution in [3.05, 3.63) is 23.4 Å². The van der Waals surface area contributed by atoms with E-state index in [1.807, 2.05) is 0 Å². The maximum Gasteiger partial charge on any atom is 0.226 e. The fourth-order valence-corrected chi connectivity index (χ4v) is 3.94. The molecule has 2 bridgehead atoms. The molecule has 6 nitrogen and oxygen atoms in total. The van der Waals surface area contributed by atoms with E-state index < -0.39 is 0 Å². The third-order valence-electron chi connectivity index (χ3n) is 5.10. The van der Waals surface area contributed by atoms with E-state index in [2.05, 4.69) is 27.8 Å². The minimum atomic E-state index is -0.101. The van der Waals surface area contributed by atoms with Crippen molar-refractivity contribution in [2.45, 2.75) is 31.3 Å². The second kappa shape index (κ2) is 5.30. The summed E-state index contributed by atoms with van der Waals surface area (Å²) in [7, 11) is 0. The van der Waals surface area contributed by atoms with Gasteiger partial charge in [-0.3, -0.25) is 4.79 Å². The van der Waals surface area contributed by atoms with E-state index in [9.17, 15) is 4.79 Å². The van der Waals surface area contributed by atoms with Crippen LogP contribution in [0.15, 0.2) is 18.3 Å². The Hall–Kier alpha value is -1.95. The average Bonchev–Trinajstić information content (AvgIpc) is 3.10. The van der Waals surface area contributed by atoms with Crippen LogP contribution in [0.4, 0.5) is 17.2 Å². The number of hydrogen-bond donors (Lipinski definition) is 4. The number of fused-ring (bicyclic) bond motifs is 2. The number of nitrogens with zero attached hydrogens (tertiary/aromatic N) is 1. The molecule has 0 radical (unpaired) electrons. The fraction of sp³-hybridized carbons (Fsp3) is 0.500. The van der Waals surface area contributed by atoms with E-state index in [-0.39, 0.29) is 29.6 Å². The Labute approximate surface area is 139 Å². The molecule has 0 aliphatic heterocycles. The predicted octanol–water partition coefficient (Wildman–Crippen LogP) is 1.78. The lowest BCUT2D eigenvalue weighted by atomic mass is 9.87. The van der Waals surface area contributed by atoms with Gasteiger partial charge in [-0.05, 0) is 31.1 Å². The number of nitrogens with one attached hydrogen (secondary N) is 2. The average molecular weight is 334 g/mol. The molecule has 23 heavy (non-hydrogen) atoms. The second-order valence-electron chi connectivity index (χ2n) is 6.71. The first-order valence-corrected chi connectivity index (χ1v) is 8.37. The lowest BCUT2D eigenvalue weighted by molar-refractivity contribution is -0.126. The predicted molar refractivity (Wildman–Crippen MR) is 90.9 cm³/mol. The smallest absolute Gasteiger partial charge is 0.226 e. The second-order valence-corrected chi connectivity index (χ2v) is 7.11. The zero-order valence-electron chi connectivity index (χ0n) is 12.6. The van der Waals surface area contributed by atoms with Crippen molar-refractivity contribution in [3.63, 3.8) is 0 Å². The van der Waals surface area contributed by atoms with Crippen molar-refractivity contribution in [1.29, 1.82) is 0 Å². The number of carbonyl (C=O) groups is 1. The van der Waals surface area contributed by atoms with Gasteiger partial charge in [0.1, 0.15) is 5.82 Å². The minimum Gasteiger partial charge on any atom is -0.394 e. The quantitative estimate of drug-likeness (QED) is 0.628. The van der Waals surface area contributed by atoms with Crippen molar-refractivity contribution in [1.82, 2.24) is 10.3 Å². The highest BCUT2D eigenvalue weighted by Crippen LogP contribution is 2.46. The number of anilines is 3. The molecule has 0 aromatic carbocycles. The molecule has 3 aliphatic carbocycles. The lowest BCUT2D eigenvalue weighted by Gasteiger charge is -2.29. The Morgan fingerprint density at radius 3 is 2.74 bits per heavy atom. The van der Waals surface area contributed by atoms with Crippen LogP contribution >= 0.6 is 11.6 Å². The molecule has 1 amide bonds. The van der Waals surface area contributed by atoms with Gasteiger partial charge in [-0.1, -0.05) is 23.8 Å². The van der Waals surface area contributed by atoms with Crippen LogP contribution in [0.5, 0.6) is 0 Å². The Kier molecular flexibility index (Phi) is 3.37. The van der Waals surface area contributed by atoms with Gasteiger partial charge in [0.05, 0.1) is 28.5 Å². The van der Waals surface area contributed by atoms with Gasteiger partial charge >= 0.3 is 0 Å². The molecule has 7 heteroatoms. The molecule has 1 aromatic rings. The molecule has 6 N–H and O–H groups in total. The molecule has 0 unspecified atom stereocenters. The topological polar surface area (TPSA) is 106 Å².